The van der Waals surface area contributed by atoms with Gasteiger partial charge < -0.3 is 31.7 Å². The van der Waals surface area contributed by atoms with Crippen LogP contribution < -0.4 is 26.6 Å². The van der Waals surface area contributed by atoms with Crippen LogP contribution in [0.5, 0.6) is 0 Å². The maximum absolute atomic E-state index is 13.0. The number of fused-ring (bicyclic) bond motifs is 1. The molecule has 2 aliphatic heterocycles. The number of hydrogen-bond acceptors (Lipinski definition) is 8. The van der Waals surface area contributed by atoms with Crippen molar-refractivity contribution >= 4 is 23.4 Å². The summed E-state index contributed by atoms with van der Waals surface area (Å²) in [6.45, 7) is 13.3. The van der Waals surface area contributed by atoms with Crippen molar-refractivity contribution in [3.63, 3.8) is 0 Å². The van der Waals surface area contributed by atoms with E-state index in [0.717, 1.165) is 30.9 Å². The Morgan fingerprint density at radius 2 is 1.95 bits per heavy atom. The van der Waals surface area contributed by atoms with Gasteiger partial charge in [0.2, 0.25) is 5.95 Å². The van der Waals surface area contributed by atoms with Gasteiger partial charge in [-0.3, -0.25) is 4.79 Å². The zero-order chi connectivity index (χ0) is 26.8. The molecule has 1 aromatic heterocycles. The van der Waals surface area contributed by atoms with Crippen molar-refractivity contribution in [1.82, 2.24) is 25.9 Å². The van der Waals surface area contributed by atoms with Crippen LogP contribution in [0, 0.1) is 5.41 Å². The number of carbonyl (C=O) groups is 1. The van der Waals surface area contributed by atoms with E-state index in [2.05, 4.69) is 48.7 Å². The third kappa shape index (κ3) is 6.11. The Balaban J connectivity index is 1.63. The van der Waals surface area contributed by atoms with Gasteiger partial charge in [0, 0.05) is 35.6 Å². The number of benzene rings is 1. The van der Waals surface area contributed by atoms with E-state index in [1.807, 2.05) is 66.0 Å². The van der Waals surface area contributed by atoms with E-state index in [4.69, 9.17) is 0 Å². The number of nitrogens with zero attached hydrogens (tertiary/aromatic N) is 2. The lowest BCUT2D eigenvalue weighted by atomic mass is 9.71. The fraction of sp³-hybridized carbons (Fsp3) is 0.464. The van der Waals surface area contributed by atoms with Crippen molar-refractivity contribution in [3.8, 4) is 0 Å². The zero-order valence-electron chi connectivity index (χ0n) is 22.6. The van der Waals surface area contributed by atoms with Crippen molar-refractivity contribution < 1.29 is 9.90 Å². The van der Waals surface area contributed by atoms with Gasteiger partial charge in [0.1, 0.15) is 11.4 Å². The predicted octanol–water partition coefficient (Wildman–Crippen LogP) is 3.58. The highest BCUT2D eigenvalue weighted by atomic mass is 16.3. The number of rotatable bonds is 8. The number of nitrogens with one attached hydrogen (secondary N) is 5. The molecule has 1 aromatic carbocycles. The van der Waals surface area contributed by atoms with Gasteiger partial charge in [-0.05, 0) is 82.3 Å². The van der Waals surface area contributed by atoms with Gasteiger partial charge in [0.15, 0.2) is 0 Å². The van der Waals surface area contributed by atoms with Crippen LogP contribution in [0.25, 0.3) is 0 Å². The Labute approximate surface area is 219 Å². The third-order valence-electron chi connectivity index (χ3n) is 7.30. The van der Waals surface area contributed by atoms with Crippen LogP contribution in [-0.4, -0.2) is 45.2 Å². The van der Waals surface area contributed by atoms with Gasteiger partial charge in [-0.1, -0.05) is 19.9 Å². The van der Waals surface area contributed by atoms with Gasteiger partial charge in [-0.25, -0.2) is 4.98 Å². The monoisotopic (exact) mass is 505 g/mol. The molecule has 0 spiro atoms. The molecule has 0 aliphatic carbocycles. The lowest BCUT2D eigenvalue weighted by molar-refractivity contribution is -0.0453. The molecule has 3 heterocycles. The average molecular weight is 506 g/mol. The predicted molar refractivity (Wildman–Crippen MR) is 148 cm³/mol. The Hall–Kier alpha value is -3.43. The second-order valence-corrected chi connectivity index (χ2v) is 11.1. The number of dihydropyridines is 1. The van der Waals surface area contributed by atoms with E-state index in [1.54, 1.807) is 6.20 Å². The van der Waals surface area contributed by atoms with Crippen molar-refractivity contribution in [2.75, 3.05) is 17.2 Å². The summed E-state index contributed by atoms with van der Waals surface area (Å²) in [6.07, 6.45) is 8.25. The number of aromatic nitrogens is 2. The first-order valence-electron chi connectivity index (χ1n) is 12.9. The number of amides is 1. The number of hydrogen-bond donors (Lipinski definition) is 6. The summed E-state index contributed by atoms with van der Waals surface area (Å²) >= 11 is 0. The lowest BCUT2D eigenvalue weighted by Crippen LogP contribution is -2.52. The van der Waals surface area contributed by atoms with Crippen LogP contribution in [0.15, 0.2) is 48.4 Å². The second-order valence-electron chi connectivity index (χ2n) is 11.1. The average Bonchev–Trinajstić information content (AvgIpc) is 2.83. The smallest absolute Gasteiger partial charge is 0.256 e. The summed E-state index contributed by atoms with van der Waals surface area (Å²) in [5.74, 6) is 0.539. The van der Waals surface area contributed by atoms with Gasteiger partial charge in [-0.2, -0.15) is 4.98 Å². The van der Waals surface area contributed by atoms with Crippen LogP contribution >= 0.6 is 0 Å². The highest BCUT2D eigenvalue weighted by molar-refractivity contribution is 5.99. The highest BCUT2D eigenvalue weighted by Gasteiger charge is 2.41. The Kier molecular flexibility index (Phi) is 7.57. The normalized spacial score (nSPS) is 17.5. The van der Waals surface area contributed by atoms with Gasteiger partial charge in [0.05, 0.1) is 11.6 Å². The minimum Gasteiger partial charge on any atom is -0.390 e. The van der Waals surface area contributed by atoms with Crippen LogP contribution in [-0.2, 0) is 13.0 Å². The minimum atomic E-state index is -0.920. The van der Waals surface area contributed by atoms with Crippen LogP contribution in [0.1, 0.15) is 63.0 Å². The first kappa shape index (κ1) is 26.6. The summed E-state index contributed by atoms with van der Waals surface area (Å²) in [5.41, 5.74) is 3.24. The molecule has 2 aliphatic rings. The van der Waals surface area contributed by atoms with E-state index >= 15 is 0 Å². The number of carbonyl (C=O) groups excluding carboxylic acids is 1. The molecule has 0 saturated heterocycles. The molecule has 0 saturated carbocycles. The van der Waals surface area contributed by atoms with Gasteiger partial charge >= 0.3 is 0 Å². The largest absolute Gasteiger partial charge is 0.390 e. The standard InChI is InChI=1S/C28H39N7O2/c1-17(2)32-25(36)22-16-31-26(34-20-8-7-19-15-29-11-9-18(19)13-20)35-24(22)33-21-10-12-30-23(14-21)27(3,4)28(5,6)37/h7-8,10,12-14,16-17,23,29-30,37H,9,11,15H2,1-6H3,(H,32,36)(H2,31,33,34,35). The zero-order valence-corrected chi connectivity index (χ0v) is 22.6. The van der Waals surface area contributed by atoms with E-state index in [-0.39, 0.29) is 18.0 Å². The second kappa shape index (κ2) is 10.5. The van der Waals surface area contributed by atoms with Crippen molar-refractivity contribution in [2.24, 2.45) is 5.41 Å². The molecule has 1 amide bonds. The summed E-state index contributed by atoms with van der Waals surface area (Å²) in [7, 11) is 0. The van der Waals surface area contributed by atoms with Crippen molar-refractivity contribution in [3.05, 3.63) is 65.1 Å². The molecule has 9 heteroatoms. The Bertz CT molecular complexity index is 1210. The molecule has 198 valence electrons. The van der Waals surface area contributed by atoms with E-state index < -0.39 is 11.0 Å². The Morgan fingerprint density at radius 1 is 1.16 bits per heavy atom. The SMILES string of the molecule is CC(C)NC(=O)c1cnc(Nc2ccc3c(c2)CCNC3)nc1NC1=CC(C(C)(C)C(C)(C)O)NC=C1. The van der Waals surface area contributed by atoms with Gasteiger partial charge in [0.25, 0.3) is 5.91 Å². The van der Waals surface area contributed by atoms with Crippen LogP contribution in [0.4, 0.5) is 17.5 Å². The highest BCUT2D eigenvalue weighted by Crippen LogP contribution is 2.36. The number of anilines is 3. The van der Waals surface area contributed by atoms with Gasteiger partial charge in [-0.15, -0.1) is 0 Å². The molecule has 4 rings (SSSR count). The summed E-state index contributed by atoms with van der Waals surface area (Å²) in [5, 5.41) is 27.0. The summed E-state index contributed by atoms with van der Waals surface area (Å²) in [6, 6.07) is 6.09. The number of allylic oxidation sites excluding steroid dienone is 1. The molecular weight excluding hydrogens is 466 g/mol. The molecule has 0 bridgehead atoms. The lowest BCUT2D eigenvalue weighted by Gasteiger charge is -2.43. The quantitative estimate of drug-likeness (QED) is 0.322. The van der Waals surface area contributed by atoms with Crippen LogP contribution in [0.2, 0.25) is 0 Å². The first-order chi connectivity index (χ1) is 17.4. The molecule has 0 radical (unpaired) electrons. The fourth-order valence-corrected chi connectivity index (χ4v) is 4.27. The number of aliphatic hydroxyl groups is 1. The van der Waals surface area contributed by atoms with E-state index in [0.29, 0.717) is 17.3 Å². The molecule has 2 aromatic rings. The van der Waals surface area contributed by atoms with Crippen LogP contribution in [0.3, 0.4) is 0 Å². The molecule has 1 atom stereocenters. The topological polar surface area (TPSA) is 123 Å². The maximum atomic E-state index is 13.0. The van der Waals surface area contributed by atoms with E-state index in [1.165, 1.54) is 11.1 Å². The maximum Gasteiger partial charge on any atom is 0.256 e. The molecular formula is C28H39N7O2. The fourth-order valence-electron chi connectivity index (χ4n) is 4.27. The Morgan fingerprint density at radius 3 is 2.68 bits per heavy atom. The van der Waals surface area contributed by atoms with E-state index in [9.17, 15) is 9.90 Å². The van der Waals surface area contributed by atoms with Crippen molar-refractivity contribution in [2.45, 2.75) is 72.2 Å². The van der Waals surface area contributed by atoms with Crippen molar-refractivity contribution in [1.29, 1.82) is 0 Å². The molecule has 1 unspecified atom stereocenters. The molecule has 37 heavy (non-hydrogen) atoms. The minimum absolute atomic E-state index is 0.0295. The molecule has 6 N–H and O–H groups in total. The third-order valence-corrected chi connectivity index (χ3v) is 7.30. The molecule has 9 nitrogen and oxygen atoms in total. The summed E-state index contributed by atoms with van der Waals surface area (Å²) in [4.78, 5) is 22.1. The molecule has 0 fully saturated rings. The summed E-state index contributed by atoms with van der Waals surface area (Å²) < 4.78 is 0. The first-order valence-corrected chi connectivity index (χ1v) is 12.9.